The number of hydrogen-bond donors (Lipinski definition) is 2. The first-order valence-corrected chi connectivity index (χ1v) is 10.2. The molecule has 0 spiro atoms. The van der Waals surface area contributed by atoms with Crippen molar-refractivity contribution in [2.75, 3.05) is 6.54 Å². The van der Waals surface area contributed by atoms with Crippen molar-refractivity contribution in [1.82, 2.24) is 10.6 Å². The molecule has 0 aliphatic heterocycles. The summed E-state index contributed by atoms with van der Waals surface area (Å²) in [4.78, 5) is 23.9. The van der Waals surface area contributed by atoms with Crippen molar-refractivity contribution in [3.05, 3.63) is 65.8 Å². The van der Waals surface area contributed by atoms with Gasteiger partial charge in [-0.05, 0) is 36.5 Å². The second-order valence-electron chi connectivity index (χ2n) is 7.09. The van der Waals surface area contributed by atoms with Gasteiger partial charge >= 0.3 is 6.36 Å². The molecule has 2 N–H and O–H groups in total. The summed E-state index contributed by atoms with van der Waals surface area (Å²) in [6, 6.07) is 5.23. The molecule has 0 bridgehead atoms. The molecule has 1 aromatic rings. The van der Waals surface area contributed by atoms with Gasteiger partial charge in [0.1, 0.15) is 5.75 Å². The Morgan fingerprint density at radius 3 is 2.32 bits per heavy atom. The van der Waals surface area contributed by atoms with Gasteiger partial charge in [-0.25, -0.2) is 0 Å². The summed E-state index contributed by atoms with van der Waals surface area (Å²) >= 11 is 0. The minimum Gasteiger partial charge on any atom is -0.406 e. The maximum absolute atomic E-state index is 12.1. The highest BCUT2D eigenvalue weighted by molar-refractivity contribution is 5.83. The van der Waals surface area contributed by atoms with Crippen LogP contribution in [0.15, 0.2) is 60.2 Å². The molecule has 0 aromatic heterocycles. The van der Waals surface area contributed by atoms with Crippen LogP contribution < -0.4 is 15.4 Å². The predicted octanol–water partition coefficient (Wildman–Crippen LogP) is 4.57. The molecule has 168 valence electrons. The average molecular weight is 436 g/mol. The first-order valence-electron chi connectivity index (χ1n) is 10.2. The number of rotatable bonds is 10. The lowest BCUT2D eigenvalue weighted by atomic mass is 9.93. The molecule has 8 heteroatoms. The lowest BCUT2D eigenvalue weighted by Gasteiger charge is -2.15. The summed E-state index contributed by atoms with van der Waals surface area (Å²) in [7, 11) is 0. The third-order valence-corrected chi connectivity index (χ3v) is 4.75. The Bertz CT molecular complexity index is 827. The monoisotopic (exact) mass is 436 g/mol. The second kappa shape index (κ2) is 12.0. The number of nitrogens with one attached hydrogen (secondary N) is 2. The molecule has 31 heavy (non-hydrogen) atoms. The summed E-state index contributed by atoms with van der Waals surface area (Å²) in [5, 5.41) is 5.48. The molecular formula is C23H27F3N2O3. The standard InChI is InChI=1S/C23H27F3N2O3/c1-2-18-6-4-3-5-7-19(18)14-15-27-21(29)12-13-22(30)28-16-17-8-10-20(11-9-17)31-23(24,25)26/h3-11,18H,2,12-16H2,1H3,(H,27,29)(H,28,30). The van der Waals surface area contributed by atoms with Crippen LogP contribution in [-0.4, -0.2) is 24.7 Å². The first-order chi connectivity index (χ1) is 14.8. The number of halogens is 3. The first kappa shape index (κ1) is 24.2. The Hall–Kier alpha value is -3.03. The number of benzene rings is 1. The van der Waals surface area contributed by atoms with Gasteiger partial charge in [0, 0.05) is 25.9 Å². The van der Waals surface area contributed by atoms with Crippen molar-refractivity contribution in [3.63, 3.8) is 0 Å². The summed E-state index contributed by atoms with van der Waals surface area (Å²) < 4.78 is 40.2. The van der Waals surface area contributed by atoms with Crippen LogP contribution in [0.5, 0.6) is 5.75 Å². The van der Waals surface area contributed by atoms with Gasteiger partial charge in [-0.3, -0.25) is 9.59 Å². The quantitative estimate of drug-likeness (QED) is 0.565. The van der Waals surface area contributed by atoms with E-state index in [1.54, 1.807) is 0 Å². The van der Waals surface area contributed by atoms with E-state index in [0.717, 1.165) is 12.8 Å². The van der Waals surface area contributed by atoms with Crippen molar-refractivity contribution in [1.29, 1.82) is 0 Å². The number of hydrogen-bond acceptors (Lipinski definition) is 3. The number of allylic oxidation sites excluding steroid dienone is 5. The highest BCUT2D eigenvalue weighted by Gasteiger charge is 2.30. The Balaban J connectivity index is 1.64. The molecule has 2 rings (SSSR count). The molecule has 1 aliphatic rings. The average Bonchev–Trinajstić information content (AvgIpc) is 2.95. The number of carbonyl (C=O) groups is 2. The molecule has 1 aromatic carbocycles. The summed E-state index contributed by atoms with van der Waals surface area (Å²) in [5.41, 5.74) is 1.88. The third kappa shape index (κ3) is 9.55. The Morgan fingerprint density at radius 2 is 1.68 bits per heavy atom. The molecule has 5 nitrogen and oxygen atoms in total. The highest BCUT2D eigenvalue weighted by atomic mass is 19.4. The van der Waals surface area contributed by atoms with Crippen LogP contribution in [0.3, 0.4) is 0 Å². The van der Waals surface area contributed by atoms with E-state index in [1.807, 2.05) is 18.2 Å². The molecule has 1 aliphatic carbocycles. The molecule has 1 unspecified atom stereocenters. The van der Waals surface area contributed by atoms with Gasteiger partial charge < -0.3 is 15.4 Å². The lowest BCUT2D eigenvalue weighted by Crippen LogP contribution is -2.28. The number of ether oxygens (including phenoxy) is 1. The molecule has 0 saturated carbocycles. The van der Waals surface area contributed by atoms with Gasteiger partial charge in [0.25, 0.3) is 0 Å². The highest BCUT2D eigenvalue weighted by Crippen LogP contribution is 2.23. The molecular weight excluding hydrogens is 409 g/mol. The third-order valence-electron chi connectivity index (χ3n) is 4.75. The van der Waals surface area contributed by atoms with Crippen LogP contribution in [0, 0.1) is 5.92 Å². The fraction of sp³-hybridized carbons (Fsp3) is 0.391. The van der Waals surface area contributed by atoms with Gasteiger partial charge in [-0.2, -0.15) is 0 Å². The molecule has 0 radical (unpaired) electrons. The minimum absolute atomic E-state index is 0.0346. The molecule has 0 saturated heterocycles. The molecule has 0 heterocycles. The van der Waals surface area contributed by atoms with Crippen molar-refractivity contribution in [3.8, 4) is 5.75 Å². The van der Waals surface area contributed by atoms with Crippen LogP contribution in [0.1, 0.15) is 38.2 Å². The summed E-state index contributed by atoms with van der Waals surface area (Å²) in [6.07, 6.45) is 7.34. The summed E-state index contributed by atoms with van der Waals surface area (Å²) in [6.45, 7) is 2.78. The maximum atomic E-state index is 12.1. The van der Waals surface area contributed by atoms with Gasteiger partial charge in [0.2, 0.25) is 11.8 Å². The molecule has 1 atom stereocenters. The van der Waals surface area contributed by atoms with E-state index in [0.29, 0.717) is 18.0 Å². The second-order valence-corrected chi connectivity index (χ2v) is 7.09. The minimum atomic E-state index is -4.74. The molecule has 0 fully saturated rings. The number of amides is 2. The van der Waals surface area contributed by atoms with Crippen LogP contribution in [0.25, 0.3) is 0 Å². The maximum Gasteiger partial charge on any atom is 0.573 e. The number of carbonyl (C=O) groups excluding carboxylic acids is 2. The zero-order valence-corrected chi connectivity index (χ0v) is 17.4. The lowest BCUT2D eigenvalue weighted by molar-refractivity contribution is -0.274. The van der Waals surface area contributed by atoms with E-state index in [9.17, 15) is 22.8 Å². The predicted molar refractivity (Wildman–Crippen MR) is 112 cm³/mol. The van der Waals surface area contributed by atoms with Crippen LogP contribution in [-0.2, 0) is 16.1 Å². The fourth-order valence-corrected chi connectivity index (χ4v) is 3.12. The van der Waals surface area contributed by atoms with Crippen molar-refractivity contribution in [2.24, 2.45) is 5.92 Å². The molecule has 2 amide bonds. The summed E-state index contributed by atoms with van der Waals surface area (Å²) in [5.74, 6) is -0.460. The number of alkyl halides is 3. The van der Waals surface area contributed by atoms with Gasteiger partial charge in [-0.15, -0.1) is 13.2 Å². The van der Waals surface area contributed by atoms with Gasteiger partial charge in [0.15, 0.2) is 0 Å². The SMILES string of the molecule is CCC1C=CC=CC=C1CCNC(=O)CCC(=O)NCc1ccc(OC(F)(F)F)cc1. The Kier molecular flexibility index (Phi) is 9.37. The zero-order valence-electron chi connectivity index (χ0n) is 17.4. The van der Waals surface area contributed by atoms with E-state index in [1.165, 1.54) is 29.8 Å². The van der Waals surface area contributed by atoms with E-state index in [2.05, 4.69) is 34.4 Å². The van der Waals surface area contributed by atoms with Crippen LogP contribution >= 0.6 is 0 Å². The van der Waals surface area contributed by atoms with Crippen molar-refractivity contribution in [2.45, 2.75) is 45.5 Å². The Labute approximate surface area is 180 Å². The van der Waals surface area contributed by atoms with E-state index < -0.39 is 6.36 Å². The smallest absolute Gasteiger partial charge is 0.406 e. The Morgan fingerprint density at radius 1 is 1.00 bits per heavy atom. The normalized spacial score (nSPS) is 15.7. The van der Waals surface area contributed by atoms with Crippen LogP contribution in [0.2, 0.25) is 0 Å². The van der Waals surface area contributed by atoms with Crippen molar-refractivity contribution >= 4 is 11.8 Å². The van der Waals surface area contributed by atoms with E-state index in [-0.39, 0.29) is 37.0 Å². The zero-order chi connectivity index (χ0) is 22.7. The van der Waals surface area contributed by atoms with E-state index >= 15 is 0 Å². The topological polar surface area (TPSA) is 67.4 Å². The van der Waals surface area contributed by atoms with Crippen molar-refractivity contribution < 1.29 is 27.5 Å². The van der Waals surface area contributed by atoms with Gasteiger partial charge in [0.05, 0.1) is 0 Å². The fourth-order valence-electron chi connectivity index (χ4n) is 3.12. The van der Waals surface area contributed by atoms with Gasteiger partial charge in [-0.1, -0.05) is 55.0 Å². The van der Waals surface area contributed by atoms with E-state index in [4.69, 9.17) is 0 Å². The van der Waals surface area contributed by atoms with Crippen LogP contribution in [0.4, 0.5) is 13.2 Å². The largest absolute Gasteiger partial charge is 0.573 e.